The van der Waals surface area contributed by atoms with Crippen LogP contribution in [0, 0.1) is 6.92 Å². The Labute approximate surface area is 88.1 Å². The fourth-order valence-corrected chi connectivity index (χ4v) is 1.62. The summed E-state index contributed by atoms with van der Waals surface area (Å²) in [6.45, 7) is 2.01. The van der Waals surface area contributed by atoms with Crippen LogP contribution in [-0.4, -0.2) is 27.9 Å². The Morgan fingerprint density at radius 2 is 2.40 bits per heavy atom. The first kappa shape index (κ1) is 10.1. The second kappa shape index (κ2) is 4.00. The normalized spacial score (nSPS) is 13.3. The molecular formula is C11H14N2O2. The van der Waals surface area contributed by atoms with Crippen molar-refractivity contribution >= 4 is 5.65 Å². The Bertz CT molecular complexity index is 465. The van der Waals surface area contributed by atoms with E-state index in [9.17, 15) is 5.11 Å². The van der Waals surface area contributed by atoms with Crippen LogP contribution in [0.3, 0.4) is 0 Å². The summed E-state index contributed by atoms with van der Waals surface area (Å²) in [5.74, 6) is 0. The van der Waals surface area contributed by atoms with Gasteiger partial charge >= 0.3 is 0 Å². The van der Waals surface area contributed by atoms with E-state index >= 15 is 0 Å². The summed E-state index contributed by atoms with van der Waals surface area (Å²) in [4.78, 5) is 4.30. The molecule has 4 nitrogen and oxygen atoms in total. The topological polar surface area (TPSA) is 46.8 Å². The minimum absolute atomic E-state index is 0.446. The molecule has 1 unspecified atom stereocenters. The second-order valence-corrected chi connectivity index (χ2v) is 3.53. The van der Waals surface area contributed by atoms with Gasteiger partial charge in [-0.15, -0.1) is 0 Å². The quantitative estimate of drug-likeness (QED) is 0.766. The van der Waals surface area contributed by atoms with Crippen LogP contribution in [0.5, 0.6) is 0 Å². The molecule has 0 bridgehead atoms. The molecule has 2 heterocycles. The number of rotatable bonds is 3. The number of imidazole rings is 1. The van der Waals surface area contributed by atoms with Crippen LogP contribution >= 0.6 is 0 Å². The number of fused-ring (bicyclic) bond motifs is 1. The first-order valence-corrected chi connectivity index (χ1v) is 4.85. The van der Waals surface area contributed by atoms with E-state index < -0.39 is 6.29 Å². The van der Waals surface area contributed by atoms with Crippen LogP contribution < -0.4 is 0 Å². The monoisotopic (exact) mass is 206 g/mol. The van der Waals surface area contributed by atoms with Gasteiger partial charge < -0.3 is 14.2 Å². The number of hydrogen-bond donors (Lipinski definition) is 1. The molecule has 0 fully saturated rings. The van der Waals surface area contributed by atoms with Gasteiger partial charge in [0.2, 0.25) is 0 Å². The number of aryl methyl sites for hydroxylation is 1. The van der Waals surface area contributed by atoms with Crippen LogP contribution in [0.1, 0.15) is 11.3 Å². The van der Waals surface area contributed by atoms with Gasteiger partial charge in [0.25, 0.3) is 0 Å². The first-order chi connectivity index (χ1) is 7.22. The number of hydrogen-bond acceptors (Lipinski definition) is 3. The van der Waals surface area contributed by atoms with E-state index in [1.54, 1.807) is 6.20 Å². The van der Waals surface area contributed by atoms with Gasteiger partial charge in [-0.05, 0) is 18.6 Å². The molecule has 0 aliphatic rings. The largest absolute Gasteiger partial charge is 0.368 e. The Balaban J connectivity index is 2.41. The predicted octanol–water partition coefficient (Wildman–Crippen LogP) is 1.15. The van der Waals surface area contributed by atoms with Gasteiger partial charge in [-0.3, -0.25) is 0 Å². The molecule has 0 spiro atoms. The van der Waals surface area contributed by atoms with Crippen molar-refractivity contribution in [3.8, 4) is 0 Å². The van der Waals surface area contributed by atoms with E-state index in [0.29, 0.717) is 6.42 Å². The third-order valence-corrected chi connectivity index (χ3v) is 2.46. The van der Waals surface area contributed by atoms with Crippen molar-refractivity contribution in [2.75, 3.05) is 7.11 Å². The average Bonchev–Trinajstić information content (AvgIpc) is 2.63. The van der Waals surface area contributed by atoms with E-state index in [2.05, 4.69) is 4.98 Å². The molecule has 0 aliphatic carbocycles. The van der Waals surface area contributed by atoms with Crippen molar-refractivity contribution in [3.63, 3.8) is 0 Å². The number of ether oxygens (including phenoxy) is 1. The van der Waals surface area contributed by atoms with E-state index in [1.807, 2.05) is 29.7 Å². The average molecular weight is 206 g/mol. The zero-order valence-electron chi connectivity index (χ0n) is 8.84. The maximum Gasteiger partial charge on any atom is 0.159 e. The van der Waals surface area contributed by atoms with Crippen molar-refractivity contribution in [3.05, 3.63) is 35.8 Å². The van der Waals surface area contributed by atoms with Crippen molar-refractivity contribution in [2.45, 2.75) is 19.6 Å². The van der Waals surface area contributed by atoms with Crippen molar-refractivity contribution in [2.24, 2.45) is 0 Å². The van der Waals surface area contributed by atoms with E-state index in [0.717, 1.165) is 16.9 Å². The number of nitrogens with zero attached hydrogens (tertiary/aromatic N) is 2. The Hall–Kier alpha value is -1.39. The lowest BCUT2D eigenvalue weighted by molar-refractivity contribution is -0.0727. The van der Waals surface area contributed by atoms with Gasteiger partial charge in [0, 0.05) is 31.6 Å². The highest BCUT2D eigenvalue weighted by atomic mass is 16.6. The summed E-state index contributed by atoms with van der Waals surface area (Å²) < 4.78 is 6.79. The molecule has 4 heteroatoms. The predicted molar refractivity (Wildman–Crippen MR) is 56.6 cm³/mol. The Kier molecular flexibility index (Phi) is 2.70. The molecule has 0 aliphatic heterocycles. The summed E-state index contributed by atoms with van der Waals surface area (Å²) in [5, 5.41) is 9.40. The molecular weight excluding hydrogens is 192 g/mol. The lowest BCUT2D eigenvalue weighted by atomic mass is 10.3. The van der Waals surface area contributed by atoms with Gasteiger partial charge in [0.1, 0.15) is 5.65 Å². The zero-order valence-corrected chi connectivity index (χ0v) is 8.84. The summed E-state index contributed by atoms with van der Waals surface area (Å²) in [6.07, 6.45) is 3.38. The third kappa shape index (κ3) is 1.86. The lowest BCUT2D eigenvalue weighted by Gasteiger charge is -2.07. The summed E-state index contributed by atoms with van der Waals surface area (Å²) >= 11 is 0. The van der Waals surface area contributed by atoms with E-state index in [-0.39, 0.29) is 0 Å². The number of aliphatic hydroxyl groups is 1. The highest BCUT2D eigenvalue weighted by Crippen LogP contribution is 2.12. The molecule has 1 N–H and O–H groups in total. The summed E-state index contributed by atoms with van der Waals surface area (Å²) in [7, 11) is 1.49. The zero-order chi connectivity index (χ0) is 10.8. The molecule has 2 aromatic rings. The summed E-state index contributed by atoms with van der Waals surface area (Å²) in [5.41, 5.74) is 2.99. The Morgan fingerprint density at radius 1 is 1.60 bits per heavy atom. The van der Waals surface area contributed by atoms with Crippen molar-refractivity contribution < 1.29 is 9.84 Å². The van der Waals surface area contributed by atoms with Gasteiger partial charge in [-0.2, -0.15) is 0 Å². The molecule has 0 saturated carbocycles. The highest BCUT2D eigenvalue weighted by Gasteiger charge is 2.09. The fraction of sp³-hybridized carbons (Fsp3) is 0.364. The van der Waals surface area contributed by atoms with Crippen LogP contribution in [0.2, 0.25) is 0 Å². The van der Waals surface area contributed by atoms with Gasteiger partial charge in [0.05, 0.1) is 0 Å². The molecule has 0 aromatic carbocycles. The maximum atomic E-state index is 9.40. The highest BCUT2D eigenvalue weighted by molar-refractivity contribution is 5.48. The minimum atomic E-state index is -0.773. The molecule has 80 valence electrons. The second-order valence-electron chi connectivity index (χ2n) is 3.53. The standard InChI is InChI=1S/C11H14N2O2/c1-8-4-3-5-13-9(6-10(14)15-2)7-12-11(8)13/h3-5,7,10,14H,6H2,1-2H3. The van der Waals surface area contributed by atoms with E-state index in [1.165, 1.54) is 7.11 Å². The molecule has 0 radical (unpaired) electrons. The molecule has 15 heavy (non-hydrogen) atoms. The first-order valence-electron chi connectivity index (χ1n) is 4.85. The van der Waals surface area contributed by atoms with Gasteiger partial charge in [0.15, 0.2) is 6.29 Å². The number of methoxy groups -OCH3 is 1. The molecule has 0 saturated heterocycles. The SMILES string of the molecule is COC(O)Cc1cnc2c(C)cccn12. The molecule has 0 amide bonds. The minimum Gasteiger partial charge on any atom is -0.368 e. The van der Waals surface area contributed by atoms with Crippen molar-refractivity contribution in [1.29, 1.82) is 0 Å². The molecule has 1 atom stereocenters. The van der Waals surface area contributed by atoms with Gasteiger partial charge in [-0.25, -0.2) is 4.98 Å². The maximum absolute atomic E-state index is 9.40. The number of pyridine rings is 1. The van der Waals surface area contributed by atoms with Crippen molar-refractivity contribution in [1.82, 2.24) is 9.38 Å². The van der Waals surface area contributed by atoms with Crippen LogP contribution in [-0.2, 0) is 11.2 Å². The number of aliphatic hydroxyl groups excluding tert-OH is 1. The van der Waals surface area contributed by atoms with Gasteiger partial charge in [-0.1, -0.05) is 6.07 Å². The van der Waals surface area contributed by atoms with E-state index in [4.69, 9.17) is 4.74 Å². The number of aromatic nitrogens is 2. The van der Waals surface area contributed by atoms with Crippen LogP contribution in [0.4, 0.5) is 0 Å². The molecule has 2 rings (SSSR count). The third-order valence-electron chi connectivity index (χ3n) is 2.46. The summed E-state index contributed by atoms with van der Waals surface area (Å²) in [6, 6.07) is 3.98. The Morgan fingerprint density at radius 3 is 3.13 bits per heavy atom. The molecule has 2 aromatic heterocycles. The smallest absolute Gasteiger partial charge is 0.159 e. The fourth-order valence-electron chi connectivity index (χ4n) is 1.62. The lowest BCUT2D eigenvalue weighted by Crippen LogP contribution is -2.13. The van der Waals surface area contributed by atoms with Crippen LogP contribution in [0.15, 0.2) is 24.5 Å². The van der Waals surface area contributed by atoms with Crippen LogP contribution in [0.25, 0.3) is 5.65 Å².